The number of hydrogen-bond acceptors (Lipinski definition) is 8. The third kappa shape index (κ3) is 4.33. The lowest BCUT2D eigenvalue weighted by Crippen LogP contribution is -2.11. The Morgan fingerprint density at radius 1 is 1.26 bits per heavy atom. The number of nitro groups is 1. The fourth-order valence-electron chi connectivity index (χ4n) is 1.92. The summed E-state index contributed by atoms with van der Waals surface area (Å²) in [6.07, 6.45) is 3.58. The standard InChI is InChI=1S/C14H18N6O3/c1-10-5-3-6-15-12(10)19-14-11(20(21)22)13(17-9-18-14)16-7-4-8-23-2/h3,5-6,9H,4,7-8H2,1-2H3,(H2,15,16,17,18,19). The zero-order chi connectivity index (χ0) is 16.7. The molecule has 23 heavy (non-hydrogen) atoms. The van der Waals surface area contributed by atoms with Crippen LogP contribution in [0.25, 0.3) is 0 Å². The summed E-state index contributed by atoms with van der Waals surface area (Å²) in [5.74, 6) is 0.776. The molecule has 0 saturated heterocycles. The average molecular weight is 318 g/mol. The van der Waals surface area contributed by atoms with Crippen molar-refractivity contribution < 1.29 is 9.66 Å². The number of anilines is 3. The molecule has 9 heteroatoms. The zero-order valence-corrected chi connectivity index (χ0v) is 12.9. The van der Waals surface area contributed by atoms with Gasteiger partial charge in [-0.1, -0.05) is 6.07 Å². The van der Waals surface area contributed by atoms with Crippen LogP contribution in [0.1, 0.15) is 12.0 Å². The van der Waals surface area contributed by atoms with Crippen LogP contribution >= 0.6 is 0 Å². The zero-order valence-electron chi connectivity index (χ0n) is 12.9. The molecule has 0 aliphatic rings. The van der Waals surface area contributed by atoms with Crippen LogP contribution in [0.3, 0.4) is 0 Å². The van der Waals surface area contributed by atoms with Crippen LogP contribution in [0, 0.1) is 17.0 Å². The largest absolute Gasteiger partial charge is 0.385 e. The van der Waals surface area contributed by atoms with E-state index in [9.17, 15) is 10.1 Å². The Morgan fingerprint density at radius 2 is 2.04 bits per heavy atom. The van der Waals surface area contributed by atoms with Crippen molar-refractivity contribution >= 4 is 23.1 Å². The van der Waals surface area contributed by atoms with Gasteiger partial charge in [0.2, 0.25) is 11.6 Å². The Balaban J connectivity index is 2.25. The molecule has 0 spiro atoms. The topological polar surface area (TPSA) is 115 Å². The summed E-state index contributed by atoms with van der Waals surface area (Å²) >= 11 is 0. The molecule has 0 radical (unpaired) electrons. The van der Waals surface area contributed by atoms with E-state index in [-0.39, 0.29) is 17.3 Å². The number of pyridine rings is 1. The molecule has 0 amide bonds. The van der Waals surface area contributed by atoms with Gasteiger partial charge in [-0.25, -0.2) is 15.0 Å². The predicted molar refractivity (Wildman–Crippen MR) is 85.9 cm³/mol. The molecule has 0 fully saturated rings. The molecule has 0 aliphatic heterocycles. The molecule has 2 aromatic rings. The van der Waals surface area contributed by atoms with E-state index in [0.29, 0.717) is 25.4 Å². The monoisotopic (exact) mass is 318 g/mol. The molecule has 2 rings (SSSR count). The second-order valence-electron chi connectivity index (χ2n) is 4.74. The molecule has 2 aromatic heterocycles. The second-order valence-corrected chi connectivity index (χ2v) is 4.74. The lowest BCUT2D eigenvalue weighted by molar-refractivity contribution is -0.383. The van der Waals surface area contributed by atoms with Crippen molar-refractivity contribution in [2.75, 3.05) is 30.9 Å². The lowest BCUT2D eigenvalue weighted by Gasteiger charge is -2.10. The van der Waals surface area contributed by atoms with Crippen LogP contribution in [0.15, 0.2) is 24.7 Å². The minimum absolute atomic E-state index is 0.0982. The Labute approximate surface area is 133 Å². The summed E-state index contributed by atoms with van der Waals surface area (Å²) in [6, 6.07) is 3.64. The first-order valence-corrected chi connectivity index (χ1v) is 7.04. The van der Waals surface area contributed by atoms with Crippen LogP contribution < -0.4 is 10.6 Å². The highest BCUT2D eigenvalue weighted by atomic mass is 16.6. The van der Waals surface area contributed by atoms with E-state index < -0.39 is 4.92 Å². The van der Waals surface area contributed by atoms with Gasteiger partial charge in [0.15, 0.2) is 0 Å². The smallest absolute Gasteiger partial charge is 0.353 e. The third-order valence-electron chi connectivity index (χ3n) is 3.07. The minimum Gasteiger partial charge on any atom is -0.385 e. The van der Waals surface area contributed by atoms with Gasteiger partial charge >= 0.3 is 5.69 Å². The summed E-state index contributed by atoms with van der Waals surface area (Å²) in [4.78, 5) is 23.0. The van der Waals surface area contributed by atoms with Crippen molar-refractivity contribution in [3.63, 3.8) is 0 Å². The Morgan fingerprint density at radius 3 is 2.74 bits per heavy atom. The normalized spacial score (nSPS) is 10.3. The molecule has 0 aromatic carbocycles. The molecule has 122 valence electrons. The predicted octanol–water partition coefficient (Wildman–Crippen LogP) is 2.28. The lowest BCUT2D eigenvalue weighted by atomic mass is 10.3. The summed E-state index contributed by atoms with van der Waals surface area (Å²) in [5.41, 5.74) is 0.644. The first-order valence-electron chi connectivity index (χ1n) is 7.04. The maximum atomic E-state index is 11.4. The molecule has 0 atom stereocenters. The number of aromatic nitrogens is 3. The van der Waals surface area contributed by atoms with Gasteiger partial charge in [-0.05, 0) is 25.0 Å². The maximum absolute atomic E-state index is 11.4. The molecule has 9 nitrogen and oxygen atoms in total. The second kappa shape index (κ2) is 7.99. The van der Waals surface area contributed by atoms with Gasteiger partial charge in [0.05, 0.1) is 4.92 Å². The number of aryl methyl sites for hydroxylation is 1. The fourth-order valence-corrected chi connectivity index (χ4v) is 1.92. The highest BCUT2D eigenvalue weighted by molar-refractivity contribution is 5.73. The molecular weight excluding hydrogens is 300 g/mol. The number of nitrogens with one attached hydrogen (secondary N) is 2. The summed E-state index contributed by atoms with van der Waals surface area (Å²) in [5, 5.41) is 17.2. The average Bonchev–Trinajstić information content (AvgIpc) is 2.53. The van der Waals surface area contributed by atoms with E-state index in [1.165, 1.54) is 6.33 Å². The van der Waals surface area contributed by atoms with Gasteiger partial charge in [-0.2, -0.15) is 0 Å². The molecule has 0 saturated carbocycles. The van der Waals surface area contributed by atoms with Crippen LogP contribution in [0.4, 0.5) is 23.1 Å². The molecular formula is C14H18N6O3. The highest BCUT2D eigenvalue weighted by Gasteiger charge is 2.23. The van der Waals surface area contributed by atoms with Gasteiger partial charge in [-0.15, -0.1) is 0 Å². The third-order valence-corrected chi connectivity index (χ3v) is 3.07. The Hall–Kier alpha value is -2.81. The number of methoxy groups -OCH3 is 1. The van der Waals surface area contributed by atoms with Crippen LogP contribution in [0.2, 0.25) is 0 Å². The van der Waals surface area contributed by atoms with E-state index >= 15 is 0 Å². The first kappa shape index (κ1) is 16.6. The number of nitrogens with zero attached hydrogens (tertiary/aromatic N) is 4. The number of hydrogen-bond donors (Lipinski definition) is 2. The Kier molecular flexibility index (Phi) is 5.75. The van der Waals surface area contributed by atoms with E-state index in [4.69, 9.17) is 4.74 Å². The van der Waals surface area contributed by atoms with Crippen molar-refractivity contribution in [2.45, 2.75) is 13.3 Å². The SMILES string of the molecule is COCCCNc1ncnc(Nc2ncccc2C)c1[N+](=O)[O-]. The van der Waals surface area contributed by atoms with Gasteiger partial charge in [-0.3, -0.25) is 10.1 Å². The summed E-state index contributed by atoms with van der Waals surface area (Å²) in [6.45, 7) is 2.92. The molecule has 0 aliphatic carbocycles. The summed E-state index contributed by atoms with van der Waals surface area (Å²) in [7, 11) is 1.60. The van der Waals surface area contributed by atoms with Crippen LogP contribution in [-0.2, 0) is 4.74 Å². The van der Waals surface area contributed by atoms with Gasteiger partial charge in [0.25, 0.3) is 0 Å². The molecule has 2 N–H and O–H groups in total. The Bertz CT molecular complexity index is 679. The molecule has 2 heterocycles. The highest BCUT2D eigenvalue weighted by Crippen LogP contribution is 2.31. The van der Waals surface area contributed by atoms with Gasteiger partial charge < -0.3 is 15.4 Å². The van der Waals surface area contributed by atoms with Crippen molar-refractivity contribution in [3.05, 3.63) is 40.3 Å². The van der Waals surface area contributed by atoms with Gasteiger partial charge in [0.1, 0.15) is 12.1 Å². The quantitative estimate of drug-likeness (QED) is 0.433. The maximum Gasteiger partial charge on any atom is 0.353 e. The van der Waals surface area contributed by atoms with E-state index in [1.807, 2.05) is 13.0 Å². The summed E-state index contributed by atoms with van der Waals surface area (Å²) < 4.78 is 4.95. The van der Waals surface area contributed by atoms with Crippen LogP contribution in [0.5, 0.6) is 0 Å². The molecule has 0 unspecified atom stereocenters. The number of rotatable bonds is 8. The van der Waals surface area contributed by atoms with E-state index in [2.05, 4.69) is 25.6 Å². The van der Waals surface area contributed by atoms with Crippen molar-refractivity contribution in [2.24, 2.45) is 0 Å². The van der Waals surface area contributed by atoms with Crippen molar-refractivity contribution in [1.82, 2.24) is 15.0 Å². The van der Waals surface area contributed by atoms with Gasteiger partial charge in [0, 0.05) is 26.5 Å². The molecule has 0 bridgehead atoms. The minimum atomic E-state index is -0.515. The van der Waals surface area contributed by atoms with Crippen molar-refractivity contribution in [3.8, 4) is 0 Å². The number of ether oxygens (including phenoxy) is 1. The van der Waals surface area contributed by atoms with Crippen LogP contribution in [-0.4, -0.2) is 40.1 Å². The van der Waals surface area contributed by atoms with E-state index in [0.717, 1.165) is 5.56 Å². The van der Waals surface area contributed by atoms with Crippen molar-refractivity contribution in [1.29, 1.82) is 0 Å². The first-order chi connectivity index (χ1) is 11.1. The fraction of sp³-hybridized carbons (Fsp3) is 0.357. The van der Waals surface area contributed by atoms with E-state index in [1.54, 1.807) is 19.4 Å².